The summed E-state index contributed by atoms with van der Waals surface area (Å²) in [4.78, 5) is 2.32. The van der Waals surface area contributed by atoms with Crippen molar-refractivity contribution in [2.45, 2.75) is 41.5 Å². The van der Waals surface area contributed by atoms with Gasteiger partial charge in [0, 0.05) is 19.3 Å². The zero-order valence-electron chi connectivity index (χ0n) is 12.9. The number of allylic oxidation sites excluding steroid dienone is 1. The summed E-state index contributed by atoms with van der Waals surface area (Å²) in [6.07, 6.45) is 2.66. The molecule has 0 rings (SSSR count). The minimum absolute atomic E-state index is 0.492. The third-order valence-electron chi connectivity index (χ3n) is 3.92. The van der Waals surface area contributed by atoms with Gasteiger partial charge in [0.15, 0.2) is 0 Å². The average Bonchev–Trinajstić information content (AvgIpc) is 2.22. The number of hydrogen-bond donors (Lipinski definition) is 0. The second kappa shape index (κ2) is 7.41. The molecule has 2 heteroatoms. The summed E-state index contributed by atoms with van der Waals surface area (Å²) in [6.45, 7) is 19.2. The fourth-order valence-corrected chi connectivity index (χ4v) is 3.17. The standard InChI is InChI=1S/C15H32NP/c1-12(2)14(5)16(8)9-10-17-11-15(6,7)13(3)4/h12-13,17H,5,9-11H2,1-4,6-8H3. The van der Waals surface area contributed by atoms with E-state index in [1.807, 2.05) is 0 Å². The van der Waals surface area contributed by atoms with Crippen LogP contribution in [0.4, 0.5) is 0 Å². The van der Waals surface area contributed by atoms with Gasteiger partial charge in [-0.15, -0.1) is 8.58 Å². The van der Waals surface area contributed by atoms with Crippen LogP contribution in [0.2, 0.25) is 0 Å². The maximum absolute atomic E-state index is 4.14. The Morgan fingerprint density at radius 3 is 2.18 bits per heavy atom. The molecule has 0 bridgehead atoms. The molecule has 1 unspecified atom stereocenters. The van der Waals surface area contributed by atoms with Crippen molar-refractivity contribution in [3.05, 3.63) is 12.3 Å². The van der Waals surface area contributed by atoms with Crippen molar-refractivity contribution < 1.29 is 0 Å². The molecule has 0 radical (unpaired) electrons. The monoisotopic (exact) mass is 257 g/mol. The lowest BCUT2D eigenvalue weighted by Crippen LogP contribution is -2.24. The smallest absolute Gasteiger partial charge is 0.0208 e. The highest BCUT2D eigenvalue weighted by Crippen LogP contribution is 2.32. The molecule has 0 N–H and O–H groups in total. The van der Waals surface area contributed by atoms with E-state index in [-0.39, 0.29) is 0 Å². The molecule has 1 atom stereocenters. The maximum atomic E-state index is 4.14. The first-order chi connectivity index (χ1) is 7.68. The van der Waals surface area contributed by atoms with E-state index in [1.54, 1.807) is 0 Å². The molecule has 1 nitrogen and oxygen atoms in total. The van der Waals surface area contributed by atoms with Crippen LogP contribution in [-0.4, -0.2) is 30.8 Å². The molecular weight excluding hydrogens is 225 g/mol. The molecule has 0 aromatic rings. The molecular formula is C15H32NP. The molecule has 0 amide bonds. The number of nitrogens with zero attached hydrogens (tertiary/aromatic N) is 1. The van der Waals surface area contributed by atoms with E-state index in [1.165, 1.54) is 18.0 Å². The van der Waals surface area contributed by atoms with E-state index in [0.717, 1.165) is 21.0 Å². The number of hydrogen-bond acceptors (Lipinski definition) is 1. The summed E-state index contributed by atoms with van der Waals surface area (Å²) in [5, 5.41) is 0. The van der Waals surface area contributed by atoms with E-state index in [9.17, 15) is 0 Å². The quantitative estimate of drug-likeness (QED) is 0.459. The van der Waals surface area contributed by atoms with E-state index in [0.29, 0.717) is 11.3 Å². The van der Waals surface area contributed by atoms with E-state index in [2.05, 4.69) is 60.1 Å². The topological polar surface area (TPSA) is 3.24 Å². The summed E-state index contributed by atoms with van der Waals surface area (Å²) in [7, 11) is 3.24. The van der Waals surface area contributed by atoms with Crippen LogP contribution in [0.3, 0.4) is 0 Å². The van der Waals surface area contributed by atoms with Gasteiger partial charge >= 0.3 is 0 Å². The zero-order valence-corrected chi connectivity index (χ0v) is 13.9. The third kappa shape index (κ3) is 6.46. The van der Waals surface area contributed by atoms with Crippen molar-refractivity contribution in [1.29, 1.82) is 0 Å². The lowest BCUT2D eigenvalue weighted by atomic mass is 9.83. The lowest BCUT2D eigenvalue weighted by molar-refractivity contribution is 0.290. The van der Waals surface area contributed by atoms with Gasteiger partial charge in [-0.3, -0.25) is 0 Å². The Balaban J connectivity index is 3.83. The maximum Gasteiger partial charge on any atom is 0.0208 e. The second-order valence-corrected chi connectivity index (χ2v) is 7.74. The summed E-state index contributed by atoms with van der Waals surface area (Å²) in [6, 6.07) is 0. The minimum Gasteiger partial charge on any atom is -0.378 e. The van der Waals surface area contributed by atoms with Crippen LogP contribution in [0.5, 0.6) is 0 Å². The lowest BCUT2D eigenvalue weighted by Gasteiger charge is -2.30. The Labute approximate surface area is 111 Å². The van der Waals surface area contributed by atoms with Gasteiger partial charge in [-0.05, 0) is 29.6 Å². The van der Waals surface area contributed by atoms with Gasteiger partial charge in [0.25, 0.3) is 0 Å². The molecule has 0 heterocycles. The van der Waals surface area contributed by atoms with Crippen LogP contribution in [0.15, 0.2) is 12.3 Å². The first-order valence-electron chi connectivity index (χ1n) is 6.79. The Bertz CT molecular complexity index is 231. The van der Waals surface area contributed by atoms with Crippen molar-refractivity contribution in [2.24, 2.45) is 17.3 Å². The predicted octanol–water partition coefficient (Wildman–Crippen LogP) is 4.45. The summed E-state index contributed by atoms with van der Waals surface area (Å²) in [5.74, 6) is 1.34. The third-order valence-corrected chi connectivity index (χ3v) is 5.66. The van der Waals surface area contributed by atoms with Crippen LogP contribution in [0, 0.1) is 17.3 Å². The second-order valence-electron chi connectivity index (χ2n) is 6.39. The van der Waals surface area contributed by atoms with Gasteiger partial charge in [-0.2, -0.15) is 0 Å². The summed E-state index contributed by atoms with van der Waals surface area (Å²) >= 11 is 0. The van der Waals surface area contributed by atoms with Crippen LogP contribution in [0.1, 0.15) is 41.5 Å². The Kier molecular flexibility index (Phi) is 7.40. The van der Waals surface area contributed by atoms with E-state index < -0.39 is 0 Å². The van der Waals surface area contributed by atoms with Gasteiger partial charge in [0.05, 0.1) is 0 Å². The molecule has 102 valence electrons. The zero-order chi connectivity index (χ0) is 13.6. The SMILES string of the molecule is C=C(C(C)C)N(C)CCPCC(C)(C)C(C)C. The highest BCUT2D eigenvalue weighted by atomic mass is 31.1. The Morgan fingerprint density at radius 1 is 1.24 bits per heavy atom. The van der Waals surface area contributed by atoms with Crippen molar-refractivity contribution in [3.63, 3.8) is 0 Å². The highest BCUT2D eigenvalue weighted by Gasteiger charge is 2.21. The van der Waals surface area contributed by atoms with Crippen molar-refractivity contribution in [1.82, 2.24) is 4.90 Å². The predicted molar refractivity (Wildman–Crippen MR) is 83.3 cm³/mol. The fourth-order valence-electron chi connectivity index (χ4n) is 1.45. The average molecular weight is 257 g/mol. The molecule has 0 aromatic heterocycles. The Morgan fingerprint density at radius 2 is 1.76 bits per heavy atom. The van der Waals surface area contributed by atoms with Crippen LogP contribution in [0.25, 0.3) is 0 Å². The van der Waals surface area contributed by atoms with Crippen LogP contribution < -0.4 is 0 Å². The largest absolute Gasteiger partial charge is 0.378 e. The number of rotatable bonds is 8. The fraction of sp³-hybridized carbons (Fsp3) is 0.867. The first-order valence-corrected chi connectivity index (χ1v) is 8.20. The van der Waals surface area contributed by atoms with Crippen LogP contribution >= 0.6 is 8.58 Å². The molecule has 0 aliphatic heterocycles. The normalized spacial score (nSPS) is 13.0. The molecule has 0 saturated heterocycles. The molecule has 0 aliphatic carbocycles. The van der Waals surface area contributed by atoms with E-state index >= 15 is 0 Å². The highest BCUT2D eigenvalue weighted by molar-refractivity contribution is 7.38. The van der Waals surface area contributed by atoms with Crippen molar-refractivity contribution >= 4 is 8.58 Å². The van der Waals surface area contributed by atoms with Gasteiger partial charge < -0.3 is 4.90 Å². The van der Waals surface area contributed by atoms with Gasteiger partial charge in [0.1, 0.15) is 0 Å². The molecule has 0 aliphatic rings. The van der Waals surface area contributed by atoms with Crippen molar-refractivity contribution in [2.75, 3.05) is 25.9 Å². The Hall–Kier alpha value is -0.0300. The molecule has 0 fully saturated rings. The molecule has 0 saturated carbocycles. The van der Waals surface area contributed by atoms with Gasteiger partial charge in [-0.25, -0.2) is 0 Å². The summed E-state index contributed by atoms with van der Waals surface area (Å²) < 4.78 is 0. The van der Waals surface area contributed by atoms with Crippen LogP contribution in [-0.2, 0) is 0 Å². The summed E-state index contributed by atoms with van der Waals surface area (Å²) in [5.41, 5.74) is 1.75. The van der Waals surface area contributed by atoms with Gasteiger partial charge in [-0.1, -0.05) is 48.1 Å². The first kappa shape index (κ1) is 17.0. The van der Waals surface area contributed by atoms with E-state index in [4.69, 9.17) is 0 Å². The van der Waals surface area contributed by atoms with Gasteiger partial charge in [0.2, 0.25) is 0 Å². The molecule has 0 spiro atoms. The minimum atomic E-state index is 0.492. The van der Waals surface area contributed by atoms with Crippen molar-refractivity contribution in [3.8, 4) is 0 Å². The molecule has 0 aromatic carbocycles. The molecule has 17 heavy (non-hydrogen) atoms.